The SMILES string of the molecule is CCCCCCCN1CCCCC1=O.CCCCCCCN1CCCCC1=O. The summed E-state index contributed by atoms with van der Waals surface area (Å²) in [6.45, 7) is 8.48. The van der Waals surface area contributed by atoms with Crippen LogP contribution >= 0.6 is 0 Å². The van der Waals surface area contributed by atoms with E-state index in [0.717, 1.165) is 51.9 Å². The van der Waals surface area contributed by atoms with Crippen LogP contribution in [-0.2, 0) is 9.59 Å². The van der Waals surface area contributed by atoms with Gasteiger partial charge in [0.1, 0.15) is 0 Å². The van der Waals surface area contributed by atoms with Crippen LogP contribution in [0.3, 0.4) is 0 Å². The van der Waals surface area contributed by atoms with Crippen LogP contribution in [0.4, 0.5) is 0 Å². The quantitative estimate of drug-likeness (QED) is 0.384. The minimum absolute atomic E-state index is 0.381. The Morgan fingerprint density at radius 2 is 0.964 bits per heavy atom. The van der Waals surface area contributed by atoms with Gasteiger partial charge in [0, 0.05) is 39.0 Å². The summed E-state index contributed by atoms with van der Waals surface area (Å²) in [6.07, 6.45) is 19.1. The number of rotatable bonds is 12. The Bertz CT molecular complexity index is 373. The third-order valence-corrected chi connectivity index (χ3v) is 5.91. The maximum Gasteiger partial charge on any atom is 0.222 e. The fraction of sp³-hybridized carbons (Fsp3) is 0.917. The van der Waals surface area contributed by atoms with Gasteiger partial charge in [-0.25, -0.2) is 0 Å². The maximum absolute atomic E-state index is 11.4. The highest BCUT2D eigenvalue weighted by molar-refractivity contribution is 5.77. The number of piperidine rings is 2. The first kappa shape index (κ1) is 25.0. The van der Waals surface area contributed by atoms with Gasteiger partial charge >= 0.3 is 0 Å². The maximum atomic E-state index is 11.4. The summed E-state index contributed by atoms with van der Waals surface area (Å²) in [5, 5.41) is 0. The molecule has 0 aliphatic carbocycles. The molecule has 0 bridgehead atoms. The zero-order valence-corrected chi connectivity index (χ0v) is 18.9. The van der Waals surface area contributed by atoms with Crippen molar-refractivity contribution < 1.29 is 9.59 Å². The van der Waals surface area contributed by atoms with E-state index in [0.29, 0.717) is 11.8 Å². The lowest BCUT2D eigenvalue weighted by Gasteiger charge is -2.26. The predicted octanol–water partition coefficient (Wildman–Crippen LogP) is 5.94. The van der Waals surface area contributed by atoms with Gasteiger partial charge in [0.05, 0.1) is 0 Å². The van der Waals surface area contributed by atoms with Crippen LogP contribution in [0.25, 0.3) is 0 Å². The third kappa shape index (κ3) is 11.7. The van der Waals surface area contributed by atoms with Crippen molar-refractivity contribution in [2.24, 2.45) is 0 Å². The number of carbonyl (C=O) groups excluding carboxylic acids is 2. The molecule has 164 valence electrons. The Labute approximate surface area is 174 Å². The highest BCUT2D eigenvalue weighted by Crippen LogP contribution is 2.13. The molecule has 0 saturated carbocycles. The van der Waals surface area contributed by atoms with E-state index in [1.807, 2.05) is 0 Å². The Balaban J connectivity index is 0.000000280. The van der Waals surface area contributed by atoms with Gasteiger partial charge in [-0.2, -0.15) is 0 Å². The van der Waals surface area contributed by atoms with Crippen molar-refractivity contribution in [2.45, 2.75) is 117 Å². The van der Waals surface area contributed by atoms with Gasteiger partial charge in [0.2, 0.25) is 11.8 Å². The molecule has 0 N–H and O–H groups in total. The summed E-state index contributed by atoms with van der Waals surface area (Å²) in [7, 11) is 0. The first-order valence-corrected chi connectivity index (χ1v) is 12.2. The molecule has 0 spiro atoms. The lowest BCUT2D eigenvalue weighted by molar-refractivity contribution is -0.134. The summed E-state index contributed by atoms with van der Waals surface area (Å²) >= 11 is 0. The fourth-order valence-corrected chi connectivity index (χ4v) is 4.01. The fourth-order valence-electron chi connectivity index (χ4n) is 4.01. The van der Waals surface area contributed by atoms with Crippen LogP contribution in [-0.4, -0.2) is 47.8 Å². The summed E-state index contributed by atoms with van der Waals surface area (Å²) < 4.78 is 0. The molecule has 2 heterocycles. The number of carbonyl (C=O) groups is 2. The average molecular weight is 395 g/mol. The number of hydrogen-bond acceptors (Lipinski definition) is 2. The van der Waals surface area contributed by atoms with E-state index in [1.165, 1.54) is 77.0 Å². The molecule has 28 heavy (non-hydrogen) atoms. The van der Waals surface area contributed by atoms with Crippen LogP contribution in [0.5, 0.6) is 0 Å². The molecule has 0 aromatic rings. The average Bonchev–Trinajstić information content (AvgIpc) is 2.71. The van der Waals surface area contributed by atoms with Crippen molar-refractivity contribution in [3.8, 4) is 0 Å². The predicted molar refractivity (Wildman–Crippen MR) is 118 cm³/mol. The normalized spacial score (nSPS) is 17.5. The second-order valence-corrected chi connectivity index (χ2v) is 8.50. The van der Waals surface area contributed by atoms with Crippen LogP contribution in [0.2, 0.25) is 0 Å². The largest absolute Gasteiger partial charge is 0.343 e. The van der Waals surface area contributed by atoms with Gasteiger partial charge < -0.3 is 9.80 Å². The van der Waals surface area contributed by atoms with Gasteiger partial charge in [0.25, 0.3) is 0 Å². The van der Waals surface area contributed by atoms with E-state index >= 15 is 0 Å². The molecule has 0 unspecified atom stereocenters. The molecule has 0 aromatic heterocycles. The summed E-state index contributed by atoms with van der Waals surface area (Å²) in [5.41, 5.74) is 0. The number of hydrogen-bond donors (Lipinski definition) is 0. The number of amides is 2. The summed E-state index contributed by atoms with van der Waals surface area (Å²) in [4.78, 5) is 27.0. The van der Waals surface area contributed by atoms with Gasteiger partial charge in [-0.05, 0) is 38.5 Å². The van der Waals surface area contributed by atoms with Crippen LogP contribution in [0.1, 0.15) is 117 Å². The second kappa shape index (κ2) is 16.9. The Morgan fingerprint density at radius 3 is 1.32 bits per heavy atom. The van der Waals surface area contributed by atoms with Crippen molar-refractivity contribution in [3.05, 3.63) is 0 Å². The van der Waals surface area contributed by atoms with E-state index < -0.39 is 0 Å². The van der Waals surface area contributed by atoms with Crippen LogP contribution in [0.15, 0.2) is 0 Å². The monoisotopic (exact) mass is 394 g/mol. The van der Waals surface area contributed by atoms with Crippen LogP contribution < -0.4 is 0 Å². The standard InChI is InChI=1S/2C12H23NO/c2*1-2-3-4-5-7-10-13-11-8-6-9-12(13)14/h2*2-11H2,1H3. The van der Waals surface area contributed by atoms with Gasteiger partial charge in [-0.3, -0.25) is 9.59 Å². The van der Waals surface area contributed by atoms with E-state index in [2.05, 4.69) is 23.6 Å². The summed E-state index contributed by atoms with van der Waals surface area (Å²) in [6, 6.07) is 0. The molecule has 2 aliphatic rings. The molecule has 2 rings (SSSR count). The molecular formula is C24H46N2O2. The number of nitrogens with zero attached hydrogens (tertiary/aromatic N) is 2. The topological polar surface area (TPSA) is 40.6 Å². The lowest BCUT2D eigenvalue weighted by atomic mass is 10.1. The van der Waals surface area contributed by atoms with Gasteiger partial charge in [0.15, 0.2) is 0 Å². The van der Waals surface area contributed by atoms with E-state index in [4.69, 9.17) is 0 Å². The van der Waals surface area contributed by atoms with Gasteiger partial charge in [-0.15, -0.1) is 0 Å². The van der Waals surface area contributed by atoms with Crippen molar-refractivity contribution >= 4 is 11.8 Å². The molecule has 4 nitrogen and oxygen atoms in total. The van der Waals surface area contributed by atoms with E-state index in [1.54, 1.807) is 0 Å². The molecule has 0 radical (unpaired) electrons. The smallest absolute Gasteiger partial charge is 0.222 e. The molecule has 0 atom stereocenters. The molecule has 2 amide bonds. The minimum atomic E-state index is 0.381. The number of likely N-dealkylation sites (tertiary alicyclic amines) is 2. The highest BCUT2D eigenvalue weighted by atomic mass is 16.2. The van der Waals surface area contributed by atoms with Crippen molar-refractivity contribution in [2.75, 3.05) is 26.2 Å². The molecule has 2 fully saturated rings. The summed E-state index contributed by atoms with van der Waals surface area (Å²) in [5.74, 6) is 0.762. The molecular weight excluding hydrogens is 348 g/mol. The minimum Gasteiger partial charge on any atom is -0.343 e. The molecule has 2 aliphatic heterocycles. The molecule has 2 saturated heterocycles. The van der Waals surface area contributed by atoms with E-state index in [-0.39, 0.29) is 0 Å². The Morgan fingerprint density at radius 1 is 0.571 bits per heavy atom. The highest BCUT2D eigenvalue weighted by Gasteiger charge is 2.17. The van der Waals surface area contributed by atoms with E-state index in [9.17, 15) is 9.59 Å². The van der Waals surface area contributed by atoms with Gasteiger partial charge in [-0.1, -0.05) is 65.2 Å². The first-order valence-electron chi connectivity index (χ1n) is 12.2. The van der Waals surface area contributed by atoms with Crippen molar-refractivity contribution in [3.63, 3.8) is 0 Å². The third-order valence-electron chi connectivity index (χ3n) is 5.91. The van der Waals surface area contributed by atoms with Crippen LogP contribution in [0, 0.1) is 0 Å². The van der Waals surface area contributed by atoms with Crippen molar-refractivity contribution in [1.82, 2.24) is 9.80 Å². The zero-order chi connectivity index (χ0) is 20.5. The lowest BCUT2D eigenvalue weighted by Crippen LogP contribution is -2.35. The zero-order valence-electron chi connectivity index (χ0n) is 18.9. The second-order valence-electron chi connectivity index (χ2n) is 8.50. The first-order chi connectivity index (χ1) is 13.7. The Hall–Kier alpha value is -1.06. The van der Waals surface area contributed by atoms with Crippen molar-refractivity contribution in [1.29, 1.82) is 0 Å². The molecule has 4 heteroatoms. The molecule has 0 aromatic carbocycles. The Kier molecular flexibility index (Phi) is 15.0. The number of unbranched alkanes of at least 4 members (excludes halogenated alkanes) is 8.